The number of benzene rings is 1. The zero-order valence-corrected chi connectivity index (χ0v) is 11.9. The SMILES string of the molecule is CSc1ncc(C#N)c(N(C(C)=O)c2ccccc2)n1. The standard InChI is InChI=1S/C14H12N4OS/c1-10(19)18(12-6-4-3-5-7-12)13-11(8-15)9-16-14(17-13)20-2/h3-7,9H,1-2H3. The summed E-state index contributed by atoms with van der Waals surface area (Å²) in [6, 6.07) is 11.1. The van der Waals surface area contributed by atoms with Gasteiger partial charge in [0.1, 0.15) is 11.6 Å². The molecule has 1 amide bonds. The predicted octanol–water partition coefficient (Wildman–Crippen LogP) is 2.75. The number of carbonyl (C=O) groups excluding carboxylic acids is 1. The lowest BCUT2D eigenvalue weighted by molar-refractivity contribution is -0.115. The number of carbonyl (C=O) groups is 1. The number of hydrogen-bond donors (Lipinski definition) is 0. The molecule has 100 valence electrons. The van der Waals surface area contributed by atoms with Crippen molar-refractivity contribution < 1.29 is 4.79 Å². The molecule has 1 aromatic carbocycles. The first-order chi connectivity index (χ1) is 9.67. The maximum absolute atomic E-state index is 12.0. The Morgan fingerprint density at radius 2 is 2.05 bits per heavy atom. The van der Waals surface area contributed by atoms with Crippen LogP contribution in [0.4, 0.5) is 11.5 Å². The monoisotopic (exact) mass is 284 g/mol. The van der Waals surface area contributed by atoms with Gasteiger partial charge < -0.3 is 0 Å². The maximum atomic E-state index is 12.0. The van der Waals surface area contributed by atoms with E-state index in [1.165, 1.54) is 29.8 Å². The molecular weight excluding hydrogens is 272 g/mol. The van der Waals surface area contributed by atoms with Crippen molar-refractivity contribution in [3.05, 3.63) is 42.1 Å². The summed E-state index contributed by atoms with van der Waals surface area (Å²) in [6.07, 6.45) is 3.28. The van der Waals surface area contributed by atoms with Crippen LogP contribution in [-0.4, -0.2) is 22.1 Å². The first-order valence-electron chi connectivity index (χ1n) is 5.84. The minimum absolute atomic E-state index is 0.210. The van der Waals surface area contributed by atoms with Gasteiger partial charge >= 0.3 is 0 Å². The Morgan fingerprint density at radius 1 is 1.35 bits per heavy atom. The predicted molar refractivity (Wildman–Crippen MR) is 77.8 cm³/mol. The molecule has 20 heavy (non-hydrogen) atoms. The van der Waals surface area contributed by atoms with E-state index in [2.05, 4.69) is 9.97 Å². The highest BCUT2D eigenvalue weighted by Crippen LogP contribution is 2.27. The summed E-state index contributed by atoms with van der Waals surface area (Å²) in [4.78, 5) is 21.7. The summed E-state index contributed by atoms with van der Waals surface area (Å²) in [5.41, 5.74) is 0.934. The van der Waals surface area contributed by atoms with E-state index in [1.807, 2.05) is 30.5 Å². The van der Waals surface area contributed by atoms with Crippen LogP contribution in [0.5, 0.6) is 0 Å². The Balaban J connectivity index is 2.61. The summed E-state index contributed by atoms with van der Waals surface area (Å²) in [6.45, 7) is 1.44. The molecule has 0 fully saturated rings. The molecule has 0 saturated carbocycles. The largest absolute Gasteiger partial charge is 0.274 e. The highest BCUT2D eigenvalue weighted by Gasteiger charge is 2.20. The van der Waals surface area contributed by atoms with Crippen LogP contribution in [0.2, 0.25) is 0 Å². The zero-order valence-electron chi connectivity index (χ0n) is 11.1. The normalized spacial score (nSPS) is 9.85. The lowest BCUT2D eigenvalue weighted by Gasteiger charge is -2.21. The molecule has 0 spiro atoms. The molecule has 0 aliphatic carbocycles. The molecule has 1 heterocycles. The Bertz CT molecular complexity index is 667. The van der Waals surface area contributed by atoms with Gasteiger partial charge in [-0.1, -0.05) is 30.0 Å². The van der Waals surface area contributed by atoms with E-state index in [0.29, 0.717) is 16.7 Å². The van der Waals surface area contributed by atoms with Gasteiger partial charge in [0.05, 0.1) is 11.9 Å². The van der Waals surface area contributed by atoms with Gasteiger partial charge in [-0.25, -0.2) is 9.97 Å². The number of nitrogens with zero attached hydrogens (tertiary/aromatic N) is 4. The van der Waals surface area contributed by atoms with Crippen molar-refractivity contribution in [2.75, 3.05) is 11.2 Å². The van der Waals surface area contributed by atoms with Gasteiger partial charge in [-0.15, -0.1) is 0 Å². The van der Waals surface area contributed by atoms with Gasteiger partial charge in [0.2, 0.25) is 5.91 Å². The Hall–Kier alpha value is -2.39. The quantitative estimate of drug-likeness (QED) is 0.640. The molecule has 0 aliphatic heterocycles. The second-order valence-electron chi connectivity index (χ2n) is 3.90. The van der Waals surface area contributed by atoms with Crippen LogP contribution in [0.1, 0.15) is 12.5 Å². The molecular formula is C14H12N4OS. The van der Waals surface area contributed by atoms with E-state index in [-0.39, 0.29) is 11.5 Å². The molecule has 0 saturated heterocycles. The topological polar surface area (TPSA) is 69.9 Å². The summed E-state index contributed by atoms with van der Waals surface area (Å²) in [5.74, 6) is 0.101. The highest BCUT2D eigenvalue weighted by molar-refractivity contribution is 7.98. The molecule has 0 aliphatic rings. The van der Waals surface area contributed by atoms with Gasteiger partial charge in [0.25, 0.3) is 0 Å². The summed E-state index contributed by atoms with van der Waals surface area (Å²) >= 11 is 1.36. The maximum Gasteiger partial charge on any atom is 0.229 e. The molecule has 5 nitrogen and oxygen atoms in total. The number of amides is 1. The fraction of sp³-hybridized carbons (Fsp3) is 0.143. The number of anilines is 2. The van der Waals surface area contributed by atoms with E-state index < -0.39 is 0 Å². The third-order valence-corrected chi connectivity index (χ3v) is 3.15. The lowest BCUT2D eigenvalue weighted by Crippen LogP contribution is -2.25. The van der Waals surface area contributed by atoms with Crippen LogP contribution in [0, 0.1) is 11.3 Å². The Kier molecular flexibility index (Phi) is 4.33. The van der Waals surface area contributed by atoms with Gasteiger partial charge in [0.15, 0.2) is 11.0 Å². The van der Waals surface area contributed by atoms with E-state index >= 15 is 0 Å². The zero-order chi connectivity index (χ0) is 14.5. The van der Waals surface area contributed by atoms with Crippen LogP contribution in [0.15, 0.2) is 41.7 Å². The minimum atomic E-state index is -0.210. The van der Waals surface area contributed by atoms with Crippen molar-refractivity contribution in [1.29, 1.82) is 5.26 Å². The first kappa shape index (κ1) is 14.0. The number of hydrogen-bond acceptors (Lipinski definition) is 5. The highest BCUT2D eigenvalue weighted by atomic mass is 32.2. The van der Waals surface area contributed by atoms with Gasteiger partial charge in [-0.2, -0.15) is 5.26 Å². The Labute approximate surface area is 121 Å². The molecule has 0 N–H and O–H groups in total. The molecule has 0 unspecified atom stereocenters. The van der Waals surface area contributed by atoms with Gasteiger partial charge in [0, 0.05) is 6.92 Å². The van der Waals surface area contributed by atoms with Crippen LogP contribution < -0.4 is 4.90 Å². The lowest BCUT2D eigenvalue weighted by atomic mass is 10.2. The van der Waals surface area contributed by atoms with Crippen molar-refractivity contribution in [3.63, 3.8) is 0 Å². The molecule has 2 aromatic rings. The van der Waals surface area contributed by atoms with E-state index in [1.54, 1.807) is 12.1 Å². The third kappa shape index (κ3) is 2.78. The van der Waals surface area contributed by atoms with Gasteiger partial charge in [-0.3, -0.25) is 9.69 Å². The number of rotatable bonds is 3. The van der Waals surface area contributed by atoms with E-state index in [0.717, 1.165) is 0 Å². The Morgan fingerprint density at radius 3 is 2.60 bits per heavy atom. The molecule has 0 radical (unpaired) electrons. The third-order valence-electron chi connectivity index (χ3n) is 2.59. The summed E-state index contributed by atoms with van der Waals surface area (Å²) in [7, 11) is 0. The molecule has 6 heteroatoms. The molecule has 0 atom stereocenters. The second kappa shape index (κ2) is 6.17. The average molecular weight is 284 g/mol. The van der Waals surface area contributed by atoms with Crippen molar-refractivity contribution in [2.24, 2.45) is 0 Å². The van der Waals surface area contributed by atoms with E-state index in [4.69, 9.17) is 0 Å². The first-order valence-corrected chi connectivity index (χ1v) is 7.06. The summed E-state index contributed by atoms with van der Waals surface area (Å²) < 4.78 is 0. The van der Waals surface area contributed by atoms with Crippen LogP contribution >= 0.6 is 11.8 Å². The van der Waals surface area contributed by atoms with Crippen molar-refractivity contribution in [1.82, 2.24) is 9.97 Å². The fourth-order valence-electron chi connectivity index (χ4n) is 1.74. The minimum Gasteiger partial charge on any atom is -0.274 e. The number of aromatic nitrogens is 2. The fourth-order valence-corrected chi connectivity index (χ4v) is 2.07. The number of nitriles is 1. The summed E-state index contributed by atoms with van der Waals surface area (Å²) in [5, 5.41) is 9.70. The smallest absolute Gasteiger partial charge is 0.229 e. The number of para-hydroxylation sites is 1. The molecule has 0 bridgehead atoms. The average Bonchev–Trinajstić information content (AvgIpc) is 2.48. The van der Waals surface area contributed by atoms with Crippen LogP contribution in [-0.2, 0) is 4.79 Å². The van der Waals surface area contributed by atoms with Crippen molar-refractivity contribution >= 4 is 29.2 Å². The van der Waals surface area contributed by atoms with E-state index in [9.17, 15) is 10.1 Å². The number of thioether (sulfide) groups is 1. The molecule has 2 rings (SSSR count). The molecule has 1 aromatic heterocycles. The van der Waals surface area contributed by atoms with Gasteiger partial charge in [-0.05, 0) is 18.4 Å². The second-order valence-corrected chi connectivity index (χ2v) is 4.67. The van der Waals surface area contributed by atoms with Crippen molar-refractivity contribution in [2.45, 2.75) is 12.1 Å². The van der Waals surface area contributed by atoms with Crippen molar-refractivity contribution in [3.8, 4) is 6.07 Å². The van der Waals surface area contributed by atoms with Crippen LogP contribution in [0.3, 0.4) is 0 Å². The van der Waals surface area contributed by atoms with Crippen LogP contribution in [0.25, 0.3) is 0 Å².